The highest BCUT2D eigenvalue weighted by Gasteiger charge is 2.18. The first-order valence-electron chi connectivity index (χ1n) is 7.31. The minimum absolute atomic E-state index is 0.191. The van der Waals surface area contributed by atoms with Crippen molar-refractivity contribution in [2.24, 2.45) is 18.9 Å². The fraction of sp³-hybridized carbons (Fsp3) is 0.714. The fourth-order valence-corrected chi connectivity index (χ4v) is 2.83. The quantitative estimate of drug-likeness (QED) is 0.774. The molecule has 6 heteroatoms. The van der Waals surface area contributed by atoms with Crippen LogP contribution in [0.5, 0.6) is 0 Å². The molecule has 1 fully saturated rings. The Kier molecular flexibility index (Phi) is 4.52. The summed E-state index contributed by atoms with van der Waals surface area (Å²) in [5.41, 5.74) is 5.18. The first kappa shape index (κ1) is 14.7. The molecule has 0 aliphatic heterocycles. The molecule has 6 nitrogen and oxygen atoms in total. The van der Waals surface area contributed by atoms with E-state index in [9.17, 15) is 9.59 Å². The molecular formula is C14H24N4O2. The van der Waals surface area contributed by atoms with Crippen molar-refractivity contribution in [3.05, 3.63) is 20.8 Å². The van der Waals surface area contributed by atoms with Crippen LogP contribution < -0.4 is 22.3 Å². The molecule has 0 saturated heterocycles. The Bertz CT molecular complexity index is 568. The Labute approximate surface area is 118 Å². The van der Waals surface area contributed by atoms with Gasteiger partial charge >= 0.3 is 5.69 Å². The summed E-state index contributed by atoms with van der Waals surface area (Å²) in [5, 5.41) is 3.08. The molecule has 112 valence electrons. The van der Waals surface area contributed by atoms with Crippen molar-refractivity contribution in [1.82, 2.24) is 9.55 Å². The summed E-state index contributed by atoms with van der Waals surface area (Å²) in [6, 6.07) is 0. The van der Waals surface area contributed by atoms with E-state index in [1.54, 1.807) is 7.05 Å². The molecule has 4 N–H and O–H groups in total. The monoisotopic (exact) mass is 280 g/mol. The van der Waals surface area contributed by atoms with Gasteiger partial charge in [0.15, 0.2) is 0 Å². The molecule has 0 spiro atoms. The molecule has 0 bridgehead atoms. The van der Waals surface area contributed by atoms with Crippen molar-refractivity contribution in [3.8, 4) is 0 Å². The number of H-pyrrole nitrogens is 1. The maximum Gasteiger partial charge on any atom is 0.329 e. The molecule has 0 aromatic carbocycles. The molecule has 1 aliphatic carbocycles. The van der Waals surface area contributed by atoms with Crippen LogP contribution in [-0.2, 0) is 7.05 Å². The molecule has 1 saturated carbocycles. The van der Waals surface area contributed by atoms with E-state index in [0.717, 1.165) is 18.3 Å². The number of nitrogens with zero attached hydrogens (tertiary/aromatic N) is 1. The Morgan fingerprint density at radius 1 is 1.30 bits per heavy atom. The van der Waals surface area contributed by atoms with Gasteiger partial charge in [0, 0.05) is 13.6 Å². The number of rotatable bonds is 4. The predicted octanol–water partition coefficient (Wildman–Crippen LogP) is 1.28. The third kappa shape index (κ3) is 3.23. The fourth-order valence-electron chi connectivity index (χ4n) is 2.83. The third-order valence-electron chi connectivity index (χ3n) is 4.36. The molecule has 1 aliphatic rings. The molecule has 0 radical (unpaired) electrons. The van der Waals surface area contributed by atoms with Crippen molar-refractivity contribution in [3.63, 3.8) is 0 Å². The lowest BCUT2D eigenvalue weighted by atomic mass is 9.81. The molecule has 0 atom stereocenters. The predicted molar refractivity (Wildman–Crippen MR) is 80.9 cm³/mol. The van der Waals surface area contributed by atoms with Crippen LogP contribution in [-0.4, -0.2) is 16.1 Å². The van der Waals surface area contributed by atoms with E-state index >= 15 is 0 Å². The Balaban J connectivity index is 1.93. The highest BCUT2D eigenvalue weighted by molar-refractivity contribution is 5.60. The molecule has 20 heavy (non-hydrogen) atoms. The summed E-state index contributed by atoms with van der Waals surface area (Å²) in [7, 11) is 1.54. The molecule has 1 heterocycles. The Hall–Kier alpha value is -1.72. The number of nitrogens with two attached hydrogens (primary N) is 1. The minimum Gasteiger partial charge on any atom is -0.383 e. The van der Waals surface area contributed by atoms with Crippen LogP contribution in [0.25, 0.3) is 0 Å². The van der Waals surface area contributed by atoms with Crippen LogP contribution in [0.15, 0.2) is 9.59 Å². The van der Waals surface area contributed by atoms with Crippen molar-refractivity contribution < 1.29 is 0 Å². The number of hydrogen-bond acceptors (Lipinski definition) is 4. The van der Waals surface area contributed by atoms with E-state index in [1.165, 1.54) is 30.3 Å². The minimum atomic E-state index is -0.487. The van der Waals surface area contributed by atoms with Gasteiger partial charge in [-0.3, -0.25) is 14.3 Å². The second kappa shape index (κ2) is 6.15. The van der Waals surface area contributed by atoms with Gasteiger partial charge < -0.3 is 11.1 Å². The maximum atomic E-state index is 11.7. The zero-order valence-corrected chi connectivity index (χ0v) is 12.2. The largest absolute Gasteiger partial charge is 0.383 e. The van der Waals surface area contributed by atoms with Crippen LogP contribution in [0.4, 0.5) is 11.5 Å². The Morgan fingerprint density at radius 3 is 2.60 bits per heavy atom. The highest BCUT2D eigenvalue weighted by atomic mass is 16.2. The zero-order valence-electron chi connectivity index (χ0n) is 12.2. The van der Waals surface area contributed by atoms with E-state index in [4.69, 9.17) is 5.73 Å². The smallest absolute Gasteiger partial charge is 0.329 e. The van der Waals surface area contributed by atoms with E-state index in [2.05, 4.69) is 17.2 Å². The summed E-state index contributed by atoms with van der Waals surface area (Å²) in [6.45, 7) is 3.02. The SMILES string of the molecule is CC1CCC(CCNc2c(N)n(C)c(=O)[nH]c2=O)CC1. The van der Waals surface area contributed by atoms with Gasteiger partial charge in [-0.1, -0.05) is 32.6 Å². The van der Waals surface area contributed by atoms with Crippen molar-refractivity contribution in [2.45, 2.75) is 39.0 Å². The van der Waals surface area contributed by atoms with E-state index in [1.807, 2.05) is 0 Å². The molecular weight excluding hydrogens is 256 g/mol. The van der Waals surface area contributed by atoms with Crippen LogP contribution in [0, 0.1) is 11.8 Å². The Morgan fingerprint density at radius 2 is 1.95 bits per heavy atom. The van der Waals surface area contributed by atoms with Crippen LogP contribution in [0.2, 0.25) is 0 Å². The molecule has 0 unspecified atom stereocenters. The van der Waals surface area contributed by atoms with Crippen LogP contribution in [0.1, 0.15) is 39.0 Å². The lowest BCUT2D eigenvalue weighted by molar-refractivity contribution is 0.282. The summed E-state index contributed by atoms with van der Waals surface area (Å²) < 4.78 is 1.24. The zero-order chi connectivity index (χ0) is 14.7. The first-order chi connectivity index (χ1) is 9.49. The number of aromatic amines is 1. The lowest BCUT2D eigenvalue weighted by Gasteiger charge is -2.26. The van der Waals surface area contributed by atoms with E-state index in [0.29, 0.717) is 12.2 Å². The van der Waals surface area contributed by atoms with Gasteiger partial charge in [0.25, 0.3) is 5.56 Å². The van der Waals surface area contributed by atoms with Crippen LogP contribution in [0.3, 0.4) is 0 Å². The normalized spacial score (nSPS) is 22.7. The maximum absolute atomic E-state index is 11.7. The van der Waals surface area contributed by atoms with Gasteiger partial charge in [-0.05, 0) is 18.3 Å². The summed E-state index contributed by atoms with van der Waals surface area (Å²) in [6.07, 6.45) is 6.17. The van der Waals surface area contributed by atoms with Crippen molar-refractivity contribution in [1.29, 1.82) is 0 Å². The number of nitrogens with one attached hydrogen (secondary N) is 2. The van der Waals surface area contributed by atoms with Gasteiger partial charge in [0.2, 0.25) is 0 Å². The standard InChI is InChI=1S/C14H24N4O2/c1-9-3-5-10(6-4-9)7-8-16-11-12(15)18(2)14(20)17-13(11)19/h9-10,16H,3-8,15H2,1-2H3,(H,17,19,20). The average molecular weight is 280 g/mol. The second-order valence-electron chi connectivity index (χ2n) is 5.92. The summed E-state index contributed by atoms with van der Waals surface area (Å²) >= 11 is 0. The van der Waals surface area contributed by atoms with E-state index < -0.39 is 11.2 Å². The van der Waals surface area contributed by atoms with Gasteiger partial charge in [-0.15, -0.1) is 0 Å². The van der Waals surface area contributed by atoms with Gasteiger partial charge in [0.1, 0.15) is 11.5 Å². The number of nitrogen functional groups attached to an aromatic ring is 1. The van der Waals surface area contributed by atoms with Crippen molar-refractivity contribution in [2.75, 3.05) is 17.6 Å². The van der Waals surface area contributed by atoms with Gasteiger partial charge in [-0.25, -0.2) is 4.79 Å². The molecule has 0 amide bonds. The number of hydrogen-bond donors (Lipinski definition) is 3. The lowest BCUT2D eigenvalue weighted by Crippen LogP contribution is -2.32. The van der Waals surface area contributed by atoms with Crippen LogP contribution >= 0.6 is 0 Å². The third-order valence-corrected chi connectivity index (χ3v) is 4.36. The van der Waals surface area contributed by atoms with Gasteiger partial charge in [-0.2, -0.15) is 0 Å². The van der Waals surface area contributed by atoms with Gasteiger partial charge in [0.05, 0.1) is 0 Å². The topological polar surface area (TPSA) is 92.9 Å². The number of aromatic nitrogens is 2. The molecule has 1 aromatic heterocycles. The average Bonchev–Trinajstić information content (AvgIpc) is 2.42. The second-order valence-corrected chi connectivity index (χ2v) is 5.92. The van der Waals surface area contributed by atoms with Crippen molar-refractivity contribution >= 4 is 11.5 Å². The number of anilines is 2. The first-order valence-corrected chi connectivity index (χ1v) is 7.31. The highest BCUT2D eigenvalue weighted by Crippen LogP contribution is 2.30. The van der Waals surface area contributed by atoms with E-state index in [-0.39, 0.29) is 5.82 Å². The summed E-state index contributed by atoms with van der Waals surface area (Å²) in [4.78, 5) is 25.3. The summed E-state index contributed by atoms with van der Waals surface area (Å²) in [5.74, 6) is 1.77. The molecule has 2 rings (SSSR count). The molecule has 1 aromatic rings.